The van der Waals surface area contributed by atoms with Crippen LogP contribution < -0.4 is 9.47 Å². The van der Waals surface area contributed by atoms with E-state index in [4.69, 9.17) is 9.47 Å². The third-order valence-corrected chi connectivity index (χ3v) is 5.73. The predicted molar refractivity (Wildman–Crippen MR) is 123 cm³/mol. The molecule has 1 aliphatic heterocycles. The lowest BCUT2D eigenvalue weighted by atomic mass is 9.97. The Morgan fingerprint density at radius 2 is 1.58 bits per heavy atom. The van der Waals surface area contributed by atoms with Crippen LogP contribution in [0.2, 0.25) is 0 Å². The second-order valence-electron chi connectivity index (χ2n) is 7.70. The minimum atomic E-state index is -0.0463. The molecule has 1 aliphatic rings. The fourth-order valence-corrected chi connectivity index (χ4v) is 4.25. The van der Waals surface area contributed by atoms with Gasteiger partial charge in [0.1, 0.15) is 0 Å². The molecular formula is C27H29NO3. The summed E-state index contributed by atoms with van der Waals surface area (Å²) >= 11 is 0. The second kappa shape index (κ2) is 9.69. The van der Waals surface area contributed by atoms with Gasteiger partial charge in [-0.2, -0.15) is 0 Å². The maximum Gasteiger partial charge on any atom is 0.255 e. The Labute approximate surface area is 184 Å². The van der Waals surface area contributed by atoms with E-state index in [1.807, 2.05) is 61.2 Å². The summed E-state index contributed by atoms with van der Waals surface area (Å²) in [4.78, 5) is 15.3. The number of nitrogens with zero attached hydrogens (tertiary/aromatic N) is 1. The zero-order valence-corrected chi connectivity index (χ0v) is 18.2. The van der Waals surface area contributed by atoms with Crippen molar-refractivity contribution in [2.24, 2.45) is 0 Å². The van der Waals surface area contributed by atoms with E-state index in [1.165, 1.54) is 5.56 Å². The van der Waals surface area contributed by atoms with Crippen molar-refractivity contribution in [2.45, 2.75) is 39.3 Å². The quantitative estimate of drug-likeness (QED) is 0.442. The molecule has 0 saturated heterocycles. The molecule has 0 spiro atoms. The van der Waals surface area contributed by atoms with Crippen molar-refractivity contribution in [3.8, 4) is 11.5 Å². The van der Waals surface area contributed by atoms with Gasteiger partial charge in [-0.15, -0.1) is 0 Å². The van der Waals surface area contributed by atoms with Gasteiger partial charge in [-0.25, -0.2) is 0 Å². The number of carbonyl (C=O) groups excluding carboxylic acids is 1. The summed E-state index contributed by atoms with van der Waals surface area (Å²) in [5, 5.41) is 0. The number of hydrogen-bond acceptors (Lipinski definition) is 3. The Morgan fingerprint density at radius 3 is 2.32 bits per heavy atom. The molecule has 0 fully saturated rings. The van der Waals surface area contributed by atoms with Crippen molar-refractivity contribution in [2.75, 3.05) is 13.2 Å². The topological polar surface area (TPSA) is 38.8 Å². The molecular weight excluding hydrogens is 386 g/mol. The highest BCUT2D eigenvalue weighted by molar-refractivity contribution is 5.98. The predicted octanol–water partition coefficient (Wildman–Crippen LogP) is 5.81. The molecule has 3 aromatic carbocycles. The largest absolute Gasteiger partial charge is 0.490 e. The van der Waals surface area contributed by atoms with E-state index in [0.717, 1.165) is 41.0 Å². The van der Waals surface area contributed by atoms with Gasteiger partial charge in [0.05, 0.1) is 19.3 Å². The van der Waals surface area contributed by atoms with E-state index >= 15 is 0 Å². The van der Waals surface area contributed by atoms with Crippen LogP contribution >= 0.6 is 0 Å². The van der Waals surface area contributed by atoms with Crippen LogP contribution in [0.15, 0.2) is 72.8 Å². The molecule has 0 radical (unpaired) electrons. The minimum Gasteiger partial charge on any atom is -0.490 e. The highest BCUT2D eigenvalue weighted by atomic mass is 16.5. The summed E-state index contributed by atoms with van der Waals surface area (Å²) in [6.45, 7) is 5.71. The van der Waals surface area contributed by atoms with E-state index in [2.05, 4.69) is 30.3 Å². The van der Waals surface area contributed by atoms with Crippen LogP contribution in [0.4, 0.5) is 0 Å². The minimum absolute atomic E-state index is 0.0463. The number of fused-ring (bicyclic) bond motifs is 1. The highest BCUT2D eigenvalue weighted by Crippen LogP contribution is 2.38. The summed E-state index contributed by atoms with van der Waals surface area (Å²) in [5.41, 5.74) is 4.24. The van der Waals surface area contributed by atoms with Crippen molar-refractivity contribution in [3.05, 3.63) is 95.1 Å². The molecule has 1 amide bonds. The lowest BCUT2D eigenvalue weighted by Gasteiger charge is -2.29. The summed E-state index contributed by atoms with van der Waals surface area (Å²) in [6.07, 6.45) is 1.73. The van der Waals surface area contributed by atoms with Crippen LogP contribution in [0.1, 0.15) is 53.4 Å². The molecule has 3 aromatic rings. The van der Waals surface area contributed by atoms with Crippen LogP contribution in [-0.2, 0) is 13.0 Å². The van der Waals surface area contributed by atoms with E-state index < -0.39 is 0 Å². The number of hydrogen-bond donors (Lipinski definition) is 0. The molecule has 1 unspecified atom stereocenters. The van der Waals surface area contributed by atoms with Crippen LogP contribution in [0, 0.1) is 0 Å². The summed E-state index contributed by atoms with van der Waals surface area (Å²) in [7, 11) is 0. The molecule has 0 aliphatic carbocycles. The fourth-order valence-electron chi connectivity index (χ4n) is 4.25. The van der Waals surface area contributed by atoms with Crippen molar-refractivity contribution in [3.63, 3.8) is 0 Å². The third kappa shape index (κ3) is 4.58. The van der Waals surface area contributed by atoms with Gasteiger partial charge >= 0.3 is 0 Å². The summed E-state index contributed by atoms with van der Waals surface area (Å²) in [6, 6.07) is 24.4. The maximum absolute atomic E-state index is 13.3. The molecule has 0 N–H and O–H groups in total. The first-order chi connectivity index (χ1) is 15.2. The van der Waals surface area contributed by atoms with E-state index in [1.54, 1.807) is 0 Å². The molecule has 4 rings (SSSR count). The van der Waals surface area contributed by atoms with E-state index in [0.29, 0.717) is 19.8 Å². The lowest BCUT2D eigenvalue weighted by Crippen LogP contribution is -2.29. The standard InChI is InChI=1S/C27H29NO3/c1-3-30-25-17-15-21(18-26(25)31-4-2)24(16-14-20-10-6-5-7-11-20)28-19-22-12-8-9-13-23(22)27(28)29/h5-13,15,17-18,24H,3-4,14,16,19H2,1-2H3. The van der Waals surface area contributed by atoms with Gasteiger partial charge < -0.3 is 14.4 Å². The Balaban J connectivity index is 1.67. The first-order valence-corrected chi connectivity index (χ1v) is 11.0. The Kier molecular flexibility index (Phi) is 6.56. The summed E-state index contributed by atoms with van der Waals surface area (Å²) in [5.74, 6) is 1.57. The second-order valence-corrected chi connectivity index (χ2v) is 7.70. The fraction of sp³-hybridized carbons (Fsp3) is 0.296. The Morgan fingerprint density at radius 1 is 0.871 bits per heavy atom. The smallest absolute Gasteiger partial charge is 0.255 e. The molecule has 160 valence electrons. The normalized spacial score (nSPS) is 13.7. The number of amides is 1. The molecule has 0 saturated carbocycles. The SMILES string of the molecule is CCOc1ccc(C(CCc2ccccc2)N2Cc3ccccc3C2=O)cc1OCC. The molecule has 31 heavy (non-hydrogen) atoms. The number of benzene rings is 3. The molecule has 4 nitrogen and oxygen atoms in total. The third-order valence-electron chi connectivity index (χ3n) is 5.73. The number of rotatable bonds is 9. The van der Waals surface area contributed by atoms with E-state index in [9.17, 15) is 4.79 Å². The van der Waals surface area contributed by atoms with Crippen LogP contribution in [0.3, 0.4) is 0 Å². The molecule has 1 heterocycles. The first-order valence-electron chi connectivity index (χ1n) is 11.0. The first kappa shape index (κ1) is 21.0. The van der Waals surface area contributed by atoms with Gasteiger partial charge in [-0.1, -0.05) is 54.6 Å². The van der Waals surface area contributed by atoms with Gasteiger partial charge in [-0.05, 0) is 61.6 Å². The van der Waals surface area contributed by atoms with Crippen molar-refractivity contribution >= 4 is 5.91 Å². The number of carbonyl (C=O) groups is 1. The van der Waals surface area contributed by atoms with Crippen LogP contribution in [-0.4, -0.2) is 24.0 Å². The molecule has 0 bridgehead atoms. The van der Waals surface area contributed by atoms with Gasteiger partial charge in [0, 0.05) is 12.1 Å². The van der Waals surface area contributed by atoms with Gasteiger partial charge in [0.15, 0.2) is 11.5 Å². The lowest BCUT2D eigenvalue weighted by molar-refractivity contribution is 0.0691. The average Bonchev–Trinajstić information content (AvgIpc) is 3.13. The zero-order chi connectivity index (χ0) is 21.6. The average molecular weight is 416 g/mol. The molecule has 4 heteroatoms. The maximum atomic E-state index is 13.3. The Hall–Kier alpha value is -3.27. The van der Waals surface area contributed by atoms with E-state index in [-0.39, 0.29) is 11.9 Å². The van der Waals surface area contributed by atoms with Gasteiger partial charge in [0.2, 0.25) is 0 Å². The van der Waals surface area contributed by atoms with Gasteiger partial charge in [-0.3, -0.25) is 4.79 Å². The monoisotopic (exact) mass is 415 g/mol. The van der Waals surface area contributed by atoms with Crippen LogP contribution in [0.25, 0.3) is 0 Å². The Bertz CT molecular complexity index is 1030. The van der Waals surface area contributed by atoms with Crippen molar-refractivity contribution in [1.82, 2.24) is 4.90 Å². The molecule has 1 atom stereocenters. The number of aryl methyl sites for hydroxylation is 1. The van der Waals surface area contributed by atoms with Crippen molar-refractivity contribution < 1.29 is 14.3 Å². The highest BCUT2D eigenvalue weighted by Gasteiger charge is 2.33. The zero-order valence-electron chi connectivity index (χ0n) is 18.2. The van der Waals surface area contributed by atoms with Gasteiger partial charge in [0.25, 0.3) is 5.91 Å². The summed E-state index contributed by atoms with van der Waals surface area (Å²) < 4.78 is 11.6. The molecule has 0 aromatic heterocycles. The number of ether oxygens (including phenoxy) is 2. The van der Waals surface area contributed by atoms with Crippen LogP contribution in [0.5, 0.6) is 11.5 Å². The van der Waals surface area contributed by atoms with Crippen molar-refractivity contribution in [1.29, 1.82) is 0 Å².